The fourth-order valence-corrected chi connectivity index (χ4v) is 0. The molecule has 0 radical (unpaired) electrons. The van der Waals surface area contributed by atoms with Gasteiger partial charge in [0.1, 0.15) is 0 Å². The molecule has 0 amide bonds. The predicted octanol–water partition coefficient (Wildman–Crippen LogP) is -0.232. The Morgan fingerprint density at radius 3 is 1.80 bits per heavy atom. The first-order valence-corrected chi connectivity index (χ1v) is 0.872. The van der Waals surface area contributed by atoms with Crippen LogP contribution < -0.4 is 0 Å². The molecule has 0 aliphatic rings. The zero-order chi connectivity index (χ0) is 3.58. The average molecular weight is 105 g/mol. The van der Waals surface area contributed by atoms with Crippen LogP contribution in [0.1, 0.15) is 0 Å². The van der Waals surface area contributed by atoms with Crippen LogP contribution in [-0.2, 0) is 0 Å². The number of nitro groups is 1. The van der Waals surface area contributed by atoms with Crippen molar-refractivity contribution in [2.24, 2.45) is 0 Å². The summed E-state index contributed by atoms with van der Waals surface area (Å²) in [5.41, 5.74) is 0. The fourth-order valence-electron chi connectivity index (χ4n) is 0. The Morgan fingerprint density at radius 2 is 1.80 bits per heavy atom. The van der Waals surface area contributed by atoms with E-state index in [-0.39, 0.29) is 29.6 Å². The van der Waals surface area contributed by atoms with Crippen LogP contribution in [0.25, 0.3) is 0 Å². The summed E-state index contributed by atoms with van der Waals surface area (Å²) in [4.78, 5) is 8.57. The fraction of sp³-hybridized carbons (Fsp3) is 0. The molecule has 3 nitrogen and oxygen atoms in total. The summed E-state index contributed by atoms with van der Waals surface area (Å²) in [5.74, 6) is 0. The van der Waals surface area contributed by atoms with Crippen LogP contribution in [0, 0.1) is 10.1 Å². The zero-order valence-electron chi connectivity index (χ0n) is 1.64. The molecule has 0 spiro atoms. The van der Waals surface area contributed by atoms with Crippen LogP contribution in [0.3, 0.4) is 0 Å². The van der Waals surface area contributed by atoms with Crippen LogP contribution in [-0.4, -0.2) is 34.0 Å². The standard InChI is InChI=1S/ClNO2.Na.H/c1-2(3)4;;. The minimum absolute atomic E-state index is 0. The molecule has 0 bridgehead atoms. The SMILES string of the molecule is O=[N+]([O-])Cl.[NaH]. The maximum atomic E-state index is 8.57. The van der Waals surface area contributed by atoms with Crippen molar-refractivity contribution >= 4 is 41.3 Å². The molecule has 0 unspecified atom stereocenters. The van der Waals surface area contributed by atoms with Gasteiger partial charge in [0.15, 0.2) is 4.44 Å². The third-order valence-corrected chi connectivity index (χ3v) is 0. The van der Waals surface area contributed by atoms with Gasteiger partial charge in [-0.25, -0.2) is 10.1 Å². The first-order valence-electron chi connectivity index (χ1n) is 0.534. The van der Waals surface area contributed by atoms with Gasteiger partial charge >= 0.3 is 41.3 Å². The molecule has 0 aromatic rings. The van der Waals surface area contributed by atoms with Crippen LogP contribution in [0.15, 0.2) is 0 Å². The summed E-state index contributed by atoms with van der Waals surface area (Å²) in [7, 11) is 0. The van der Waals surface area contributed by atoms with E-state index in [1.54, 1.807) is 0 Å². The Bertz CT molecular complexity index is 32.6. The normalized spacial score (nSPS) is 5.00. The molecular weight excluding hydrogens is 104 g/mol. The van der Waals surface area contributed by atoms with Crippen LogP contribution in [0.2, 0.25) is 0 Å². The predicted molar refractivity (Wildman–Crippen MR) is 20.0 cm³/mol. The van der Waals surface area contributed by atoms with Crippen LogP contribution in [0.4, 0.5) is 0 Å². The second kappa shape index (κ2) is 4.69. The van der Waals surface area contributed by atoms with Crippen LogP contribution in [0.5, 0.6) is 0 Å². The van der Waals surface area contributed by atoms with Gasteiger partial charge in [-0.2, -0.15) is 0 Å². The molecule has 26 valence electrons. The van der Waals surface area contributed by atoms with Gasteiger partial charge in [-0.1, -0.05) is 0 Å². The molecule has 0 N–H and O–H groups in total. The van der Waals surface area contributed by atoms with Gasteiger partial charge in [0.2, 0.25) is 0 Å². The van der Waals surface area contributed by atoms with Gasteiger partial charge in [0, 0.05) is 0 Å². The van der Waals surface area contributed by atoms with E-state index in [1.807, 2.05) is 0 Å². The van der Waals surface area contributed by atoms with E-state index in [4.69, 9.17) is 10.1 Å². The molecule has 0 aromatic carbocycles. The summed E-state index contributed by atoms with van der Waals surface area (Å²) in [6, 6.07) is 0. The molecule has 5 heteroatoms. The number of nitrogens with zero attached hydrogens (tertiary/aromatic N) is 1. The van der Waals surface area contributed by atoms with E-state index < -0.39 is 4.44 Å². The summed E-state index contributed by atoms with van der Waals surface area (Å²) in [6.45, 7) is 0. The van der Waals surface area contributed by atoms with E-state index in [0.717, 1.165) is 0 Å². The van der Waals surface area contributed by atoms with Gasteiger partial charge in [-0.15, -0.1) is 0 Å². The molecule has 0 atom stereocenters. The third-order valence-electron chi connectivity index (χ3n) is 0. The van der Waals surface area contributed by atoms with E-state index in [9.17, 15) is 0 Å². The van der Waals surface area contributed by atoms with E-state index >= 15 is 0 Å². The van der Waals surface area contributed by atoms with Crippen molar-refractivity contribution in [1.29, 1.82) is 0 Å². The maximum absolute atomic E-state index is 8.57. The van der Waals surface area contributed by atoms with E-state index in [1.165, 1.54) is 0 Å². The van der Waals surface area contributed by atoms with Crippen molar-refractivity contribution in [3.63, 3.8) is 0 Å². The quantitative estimate of drug-likeness (QED) is 0.185. The number of halogens is 1. The minimum atomic E-state index is -1.03. The van der Waals surface area contributed by atoms with Crippen molar-refractivity contribution in [3.05, 3.63) is 10.1 Å². The molecule has 0 aliphatic carbocycles. The molecule has 0 heterocycles. The second-order valence-electron chi connectivity index (χ2n) is 0.213. The average Bonchev–Trinajstić information content (AvgIpc) is 0.811. The van der Waals surface area contributed by atoms with Crippen molar-refractivity contribution in [2.45, 2.75) is 0 Å². The Morgan fingerprint density at radius 1 is 1.80 bits per heavy atom. The van der Waals surface area contributed by atoms with Gasteiger partial charge in [-0.3, -0.25) is 0 Å². The molecule has 0 rings (SSSR count). The van der Waals surface area contributed by atoms with Gasteiger partial charge < -0.3 is 0 Å². The second-order valence-corrected chi connectivity index (χ2v) is 0.489. The van der Waals surface area contributed by atoms with E-state index in [0.29, 0.717) is 0 Å². The Kier molecular flexibility index (Phi) is 8.62. The zero-order valence-corrected chi connectivity index (χ0v) is 2.40. The van der Waals surface area contributed by atoms with Gasteiger partial charge in [0.25, 0.3) is 0 Å². The third kappa shape index (κ3) is 71.3. The Labute approximate surface area is 55.9 Å². The number of rotatable bonds is 0. The van der Waals surface area contributed by atoms with Crippen molar-refractivity contribution in [3.8, 4) is 0 Å². The molecular formula is HClNNaO2. The van der Waals surface area contributed by atoms with Crippen molar-refractivity contribution < 1.29 is 4.44 Å². The summed E-state index contributed by atoms with van der Waals surface area (Å²) >= 11 is 4.00. The monoisotopic (exact) mass is 105 g/mol. The Hall–Kier alpha value is 0.690. The summed E-state index contributed by atoms with van der Waals surface area (Å²) in [5, 5.41) is 8.57. The first-order chi connectivity index (χ1) is 1.73. The van der Waals surface area contributed by atoms with Gasteiger partial charge in [0.05, 0.1) is 0 Å². The number of hydrogen-bond donors (Lipinski definition) is 0. The summed E-state index contributed by atoms with van der Waals surface area (Å²) in [6.07, 6.45) is 0. The molecule has 0 aromatic heterocycles. The number of hydrogen-bond acceptors (Lipinski definition) is 2. The van der Waals surface area contributed by atoms with Crippen molar-refractivity contribution in [1.82, 2.24) is 0 Å². The molecule has 0 fully saturated rings. The van der Waals surface area contributed by atoms with Gasteiger partial charge in [-0.05, 0) is 0 Å². The molecule has 5 heavy (non-hydrogen) atoms. The topological polar surface area (TPSA) is 43.1 Å². The molecule has 0 aliphatic heterocycles. The van der Waals surface area contributed by atoms with Crippen molar-refractivity contribution in [2.75, 3.05) is 0 Å². The summed E-state index contributed by atoms with van der Waals surface area (Å²) < 4.78 is -1.03. The first kappa shape index (κ1) is 9.19. The molecule has 0 saturated carbocycles. The molecule has 0 saturated heterocycles. The van der Waals surface area contributed by atoms with E-state index in [2.05, 4.69) is 11.8 Å². The van der Waals surface area contributed by atoms with Crippen LogP contribution >= 0.6 is 11.8 Å². The Balaban J connectivity index is 0.